The molecule has 1 heterocycles. The second kappa shape index (κ2) is 6.21. The van der Waals surface area contributed by atoms with Gasteiger partial charge >= 0.3 is 5.97 Å². The molecule has 3 heteroatoms. The van der Waals surface area contributed by atoms with Crippen LogP contribution in [-0.2, 0) is 0 Å². The van der Waals surface area contributed by atoms with Crippen molar-refractivity contribution < 1.29 is 9.90 Å². The minimum atomic E-state index is -0.867. The van der Waals surface area contributed by atoms with Gasteiger partial charge in [0.2, 0.25) is 0 Å². The Kier molecular flexibility index (Phi) is 4.03. The van der Waals surface area contributed by atoms with Gasteiger partial charge in [0.05, 0.1) is 11.6 Å². The van der Waals surface area contributed by atoms with E-state index in [-0.39, 0.29) is 6.04 Å². The second-order valence-electron chi connectivity index (χ2n) is 7.75. The largest absolute Gasteiger partial charge is 0.478 e. The van der Waals surface area contributed by atoms with Crippen LogP contribution in [0.5, 0.6) is 0 Å². The minimum Gasteiger partial charge on any atom is -0.478 e. The summed E-state index contributed by atoms with van der Waals surface area (Å²) in [6.45, 7) is 4.49. The first-order valence-electron chi connectivity index (χ1n) is 9.28. The Morgan fingerprint density at radius 3 is 2.56 bits per heavy atom. The molecule has 0 amide bonds. The van der Waals surface area contributed by atoms with Crippen molar-refractivity contribution in [1.29, 1.82) is 0 Å². The Labute approximate surface area is 149 Å². The fourth-order valence-electron chi connectivity index (χ4n) is 4.59. The van der Waals surface area contributed by atoms with E-state index >= 15 is 0 Å². The summed E-state index contributed by atoms with van der Waals surface area (Å²) >= 11 is 0. The lowest BCUT2D eigenvalue weighted by Crippen LogP contribution is -2.29. The molecule has 1 saturated carbocycles. The monoisotopic (exact) mass is 335 g/mol. The van der Waals surface area contributed by atoms with Crippen LogP contribution in [0.3, 0.4) is 0 Å². The molecule has 130 valence electrons. The van der Waals surface area contributed by atoms with Crippen molar-refractivity contribution in [3.63, 3.8) is 0 Å². The third-order valence-corrected chi connectivity index (χ3v) is 5.97. The topological polar surface area (TPSA) is 49.3 Å². The molecule has 2 aromatic carbocycles. The molecule has 2 aromatic rings. The Bertz CT molecular complexity index is 794. The highest BCUT2D eigenvalue weighted by molar-refractivity contribution is 5.87. The average Bonchev–Trinajstić information content (AvgIpc) is 3.10. The molecule has 3 atom stereocenters. The minimum absolute atomic E-state index is 0.271. The van der Waals surface area contributed by atoms with Crippen molar-refractivity contribution in [3.05, 3.63) is 64.7 Å². The molecule has 4 rings (SSSR count). The van der Waals surface area contributed by atoms with Crippen LogP contribution in [0, 0.1) is 5.92 Å². The Balaban J connectivity index is 1.70. The molecule has 0 unspecified atom stereocenters. The van der Waals surface area contributed by atoms with Crippen LogP contribution < -0.4 is 5.32 Å². The molecule has 1 fully saturated rings. The lowest BCUT2D eigenvalue weighted by molar-refractivity contribution is 0.0697. The van der Waals surface area contributed by atoms with Gasteiger partial charge in [0, 0.05) is 5.69 Å². The first kappa shape index (κ1) is 16.2. The standard InChI is InChI=1S/C22H25NO2/c1-13(2)16-10-11-20-19(12-16)17-4-3-5-18(17)21(23-20)14-6-8-15(9-7-14)22(24)25/h6-13,17-18,21,23H,3-5H2,1-2H3,(H,24,25)/t17-,18+,21+/m1/s1. The van der Waals surface area contributed by atoms with Crippen LogP contribution in [0.4, 0.5) is 5.69 Å². The molecule has 1 aliphatic carbocycles. The molecule has 1 aliphatic heterocycles. The average molecular weight is 335 g/mol. The molecule has 0 bridgehead atoms. The van der Waals surface area contributed by atoms with Crippen molar-refractivity contribution in [3.8, 4) is 0 Å². The van der Waals surface area contributed by atoms with Gasteiger partial charge in [0.25, 0.3) is 0 Å². The van der Waals surface area contributed by atoms with Crippen molar-refractivity contribution in [2.75, 3.05) is 5.32 Å². The molecule has 0 saturated heterocycles. The number of anilines is 1. The maximum atomic E-state index is 11.1. The van der Waals surface area contributed by atoms with E-state index in [9.17, 15) is 4.79 Å². The predicted molar refractivity (Wildman–Crippen MR) is 100 cm³/mol. The van der Waals surface area contributed by atoms with Crippen LogP contribution in [0.2, 0.25) is 0 Å². The maximum Gasteiger partial charge on any atom is 0.335 e. The van der Waals surface area contributed by atoms with Gasteiger partial charge in [-0.2, -0.15) is 0 Å². The highest BCUT2D eigenvalue weighted by Gasteiger charge is 2.40. The molecule has 25 heavy (non-hydrogen) atoms. The van der Waals surface area contributed by atoms with E-state index in [2.05, 4.69) is 37.4 Å². The zero-order valence-corrected chi connectivity index (χ0v) is 14.8. The van der Waals surface area contributed by atoms with Gasteiger partial charge < -0.3 is 10.4 Å². The van der Waals surface area contributed by atoms with Gasteiger partial charge in [-0.1, -0.05) is 44.5 Å². The Morgan fingerprint density at radius 1 is 1.12 bits per heavy atom. The number of carbonyl (C=O) groups is 1. The molecule has 2 N–H and O–H groups in total. The second-order valence-corrected chi connectivity index (χ2v) is 7.75. The van der Waals surface area contributed by atoms with E-state index in [0.717, 1.165) is 0 Å². The summed E-state index contributed by atoms with van der Waals surface area (Å²) in [5.74, 6) is 0.879. The summed E-state index contributed by atoms with van der Waals surface area (Å²) in [5, 5.41) is 12.9. The van der Waals surface area contributed by atoms with Gasteiger partial charge in [0.1, 0.15) is 0 Å². The summed E-state index contributed by atoms with van der Waals surface area (Å²) < 4.78 is 0. The van der Waals surface area contributed by atoms with Crippen LogP contribution >= 0.6 is 0 Å². The van der Waals surface area contributed by atoms with Crippen molar-refractivity contribution in [2.45, 2.75) is 51.0 Å². The molecular weight excluding hydrogens is 310 g/mol. The summed E-state index contributed by atoms with van der Waals surface area (Å²) in [6, 6.07) is 14.5. The molecule has 0 spiro atoms. The van der Waals surface area contributed by atoms with Gasteiger partial charge in [0.15, 0.2) is 0 Å². The van der Waals surface area contributed by atoms with Crippen LogP contribution in [-0.4, -0.2) is 11.1 Å². The fourth-order valence-corrected chi connectivity index (χ4v) is 4.59. The summed E-state index contributed by atoms with van der Waals surface area (Å²) in [7, 11) is 0. The summed E-state index contributed by atoms with van der Waals surface area (Å²) in [6.07, 6.45) is 3.75. The third kappa shape index (κ3) is 2.82. The van der Waals surface area contributed by atoms with E-state index < -0.39 is 5.97 Å². The van der Waals surface area contributed by atoms with E-state index in [4.69, 9.17) is 5.11 Å². The number of carboxylic acids is 1. The van der Waals surface area contributed by atoms with Crippen molar-refractivity contribution >= 4 is 11.7 Å². The van der Waals surface area contributed by atoms with E-state index in [1.54, 1.807) is 12.1 Å². The first-order chi connectivity index (χ1) is 12.0. The quantitative estimate of drug-likeness (QED) is 0.772. The van der Waals surface area contributed by atoms with E-state index in [1.165, 1.54) is 41.6 Å². The molecule has 3 nitrogen and oxygen atoms in total. The number of rotatable bonds is 3. The zero-order valence-electron chi connectivity index (χ0n) is 14.8. The van der Waals surface area contributed by atoms with Crippen LogP contribution in [0.15, 0.2) is 42.5 Å². The fraction of sp³-hybridized carbons (Fsp3) is 0.409. The maximum absolute atomic E-state index is 11.1. The number of hydrogen-bond donors (Lipinski definition) is 2. The first-order valence-corrected chi connectivity index (χ1v) is 9.28. The third-order valence-electron chi connectivity index (χ3n) is 5.97. The lowest BCUT2D eigenvalue weighted by Gasteiger charge is -2.38. The smallest absolute Gasteiger partial charge is 0.335 e. The molecular formula is C22H25NO2. The Morgan fingerprint density at radius 2 is 1.88 bits per heavy atom. The normalized spacial score (nSPS) is 24.5. The van der Waals surface area contributed by atoms with E-state index in [1.807, 2.05) is 12.1 Å². The van der Waals surface area contributed by atoms with Gasteiger partial charge in [-0.25, -0.2) is 4.79 Å². The molecule has 2 aliphatic rings. The zero-order chi connectivity index (χ0) is 17.6. The van der Waals surface area contributed by atoms with Gasteiger partial charge in [-0.3, -0.25) is 0 Å². The summed E-state index contributed by atoms with van der Waals surface area (Å²) in [5.41, 5.74) is 5.69. The number of benzene rings is 2. The SMILES string of the molecule is CC(C)c1ccc2c(c1)[C@@H]1CCC[C@@H]1[C@H](c1ccc(C(=O)O)cc1)N2. The van der Waals surface area contributed by atoms with E-state index in [0.29, 0.717) is 23.3 Å². The highest BCUT2D eigenvalue weighted by Crippen LogP contribution is 2.53. The number of aromatic carboxylic acids is 1. The van der Waals surface area contributed by atoms with Crippen molar-refractivity contribution in [2.24, 2.45) is 5.92 Å². The number of nitrogens with one attached hydrogen (secondary N) is 1. The molecule has 0 radical (unpaired) electrons. The van der Waals surface area contributed by atoms with Crippen LogP contribution in [0.25, 0.3) is 0 Å². The summed E-state index contributed by atoms with van der Waals surface area (Å²) in [4.78, 5) is 11.1. The number of carboxylic acid groups (broad SMARTS) is 1. The number of hydrogen-bond acceptors (Lipinski definition) is 2. The van der Waals surface area contributed by atoms with Crippen LogP contribution in [0.1, 0.15) is 78.0 Å². The van der Waals surface area contributed by atoms with Crippen molar-refractivity contribution in [1.82, 2.24) is 0 Å². The lowest BCUT2D eigenvalue weighted by atomic mass is 9.76. The molecule has 0 aromatic heterocycles. The number of fused-ring (bicyclic) bond motifs is 3. The van der Waals surface area contributed by atoms with Gasteiger partial charge in [-0.15, -0.1) is 0 Å². The Hall–Kier alpha value is -2.29. The highest BCUT2D eigenvalue weighted by atomic mass is 16.4. The predicted octanol–water partition coefficient (Wildman–Crippen LogP) is 5.56. The van der Waals surface area contributed by atoms with Gasteiger partial charge in [-0.05, 0) is 65.5 Å².